The van der Waals surface area contributed by atoms with Crippen LogP contribution in [0.2, 0.25) is 0 Å². The van der Waals surface area contributed by atoms with E-state index in [1.165, 1.54) is 12.0 Å². The predicted octanol–water partition coefficient (Wildman–Crippen LogP) is 4.33. The van der Waals surface area contributed by atoms with Gasteiger partial charge in [-0.1, -0.05) is 32.4 Å². The minimum Gasteiger partial charge on any atom is -0.299 e. The summed E-state index contributed by atoms with van der Waals surface area (Å²) in [6.45, 7) is 6.98. The molecular formula is C20H28O2. The fourth-order valence-corrected chi connectivity index (χ4v) is 6.61. The Morgan fingerprint density at radius 3 is 2.50 bits per heavy atom. The van der Waals surface area contributed by atoms with Crippen molar-refractivity contribution in [1.29, 1.82) is 0 Å². The summed E-state index contributed by atoms with van der Waals surface area (Å²) in [5, 5.41) is 0. The van der Waals surface area contributed by atoms with Crippen LogP contribution >= 0.6 is 0 Å². The Labute approximate surface area is 133 Å². The highest BCUT2D eigenvalue weighted by Crippen LogP contribution is 2.64. The van der Waals surface area contributed by atoms with Gasteiger partial charge in [0, 0.05) is 24.7 Å². The van der Waals surface area contributed by atoms with Crippen molar-refractivity contribution in [3.63, 3.8) is 0 Å². The Balaban J connectivity index is 1.76. The standard InChI is InChI=1S/C20H28O2/c1-12-10-13-11-14(21)6-8-19(13,2)16-7-9-20(3)15(18(12)16)4-5-17(20)22/h10,12,15-16,18H,4-9,11H2,1-3H3/t12-,15-,16-,18-,19-,20-/m0/s1. The lowest BCUT2D eigenvalue weighted by atomic mass is 9.46. The average molecular weight is 300 g/mol. The number of hydrogen-bond acceptors (Lipinski definition) is 2. The SMILES string of the molecule is C[C@H]1C=C2CC(=O)CC[C@]2(C)[C@H]2CC[C@]3(C)C(=O)CC[C@H]3[C@H]12. The van der Waals surface area contributed by atoms with Crippen molar-refractivity contribution in [2.45, 2.75) is 65.7 Å². The lowest BCUT2D eigenvalue weighted by Gasteiger charge is -2.58. The third-order valence-electron chi connectivity index (χ3n) is 7.98. The van der Waals surface area contributed by atoms with E-state index in [-0.39, 0.29) is 10.8 Å². The zero-order valence-electron chi connectivity index (χ0n) is 14.2. The van der Waals surface area contributed by atoms with E-state index >= 15 is 0 Å². The van der Waals surface area contributed by atoms with Crippen molar-refractivity contribution >= 4 is 11.6 Å². The minimum atomic E-state index is -0.0540. The molecule has 22 heavy (non-hydrogen) atoms. The summed E-state index contributed by atoms with van der Waals surface area (Å²) in [6, 6.07) is 0. The van der Waals surface area contributed by atoms with E-state index in [0.29, 0.717) is 41.7 Å². The van der Waals surface area contributed by atoms with Gasteiger partial charge < -0.3 is 0 Å². The highest BCUT2D eigenvalue weighted by Gasteiger charge is 2.59. The molecule has 0 amide bonds. The van der Waals surface area contributed by atoms with Crippen LogP contribution in [0.3, 0.4) is 0 Å². The lowest BCUT2D eigenvalue weighted by molar-refractivity contribution is -0.133. The second-order valence-corrected chi connectivity index (χ2v) is 8.89. The Kier molecular flexibility index (Phi) is 3.03. The van der Waals surface area contributed by atoms with Crippen LogP contribution in [-0.2, 0) is 9.59 Å². The minimum absolute atomic E-state index is 0.0540. The number of fused-ring (bicyclic) bond motifs is 5. The lowest BCUT2D eigenvalue weighted by Crippen LogP contribution is -2.52. The molecule has 2 heteroatoms. The predicted molar refractivity (Wildman–Crippen MR) is 86.3 cm³/mol. The number of rotatable bonds is 0. The van der Waals surface area contributed by atoms with Crippen LogP contribution in [0.1, 0.15) is 65.7 Å². The molecule has 3 fully saturated rings. The van der Waals surface area contributed by atoms with Gasteiger partial charge in [0.05, 0.1) is 0 Å². The monoisotopic (exact) mass is 300 g/mol. The molecule has 3 saturated carbocycles. The van der Waals surface area contributed by atoms with Crippen molar-refractivity contribution in [1.82, 2.24) is 0 Å². The normalized spacial score (nSPS) is 51.0. The molecule has 0 aromatic heterocycles. The van der Waals surface area contributed by atoms with Gasteiger partial charge in [0.15, 0.2) is 0 Å². The zero-order valence-corrected chi connectivity index (χ0v) is 14.2. The molecule has 0 aromatic carbocycles. The van der Waals surface area contributed by atoms with Gasteiger partial charge in [0.2, 0.25) is 0 Å². The van der Waals surface area contributed by atoms with E-state index in [9.17, 15) is 9.59 Å². The van der Waals surface area contributed by atoms with Gasteiger partial charge in [-0.15, -0.1) is 0 Å². The van der Waals surface area contributed by atoms with Crippen LogP contribution in [-0.4, -0.2) is 11.6 Å². The van der Waals surface area contributed by atoms with Crippen LogP contribution < -0.4 is 0 Å². The molecule has 4 aliphatic carbocycles. The Morgan fingerprint density at radius 1 is 1.00 bits per heavy atom. The fraction of sp³-hybridized carbons (Fsp3) is 0.800. The zero-order chi connectivity index (χ0) is 15.7. The van der Waals surface area contributed by atoms with Crippen molar-refractivity contribution in [3.05, 3.63) is 11.6 Å². The number of ketones is 2. The average Bonchev–Trinajstić information content (AvgIpc) is 2.77. The van der Waals surface area contributed by atoms with E-state index in [1.54, 1.807) is 0 Å². The van der Waals surface area contributed by atoms with E-state index < -0.39 is 0 Å². The molecule has 0 saturated heterocycles. The fourth-order valence-electron chi connectivity index (χ4n) is 6.61. The van der Waals surface area contributed by atoms with Crippen molar-refractivity contribution in [3.8, 4) is 0 Å². The quantitative estimate of drug-likeness (QED) is 0.624. The third kappa shape index (κ3) is 1.73. The van der Waals surface area contributed by atoms with Gasteiger partial charge in [-0.05, 0) is 54.8 Å². The molecule has 2 nitrogen and oxygen atoms in total. The molecule has 4 rings (SSSR count). The second-order valence-electron chi connectivity index (χ2n) is 8.89. The highest BCUT2D eigenvalue weighted by atomic mass is 16.1. The summed E-state index contributed by atoms with van der Waals surface area (Å²) >= 11 is 0. The van der Waals surface area contributed by atoms with Gasteiger partial charge in [0.25, 0.3) is 0 Å². The number of carbonyl (C=O) groups is 2. The molecule has 0 aromatic rings. The summed E-state index contributed by atoms with van der Waals surface area (Å²) < 4.78 is 0. The van der Waals surface area contributed by atoms with Gasteiger partial charge in [-0.3, -0.25) is 9.59 Å². The van der Waals surface area contributed by atoms with E-state index in [4.69, 9.17) is 0 Å². The molecule has 120 valence electrons. The maximum absolute atomic E-state index is 12.5. The summed E-state index contributed by atoms with van der Waals surface area (Å²) in [4.78, 5) is 24.4. The van der Waals surface area contributed by atoms with Crippen molar-refractivity contribution < 1.29 is 9.59 Å². The first-order valence-corrected chi connectivity index (χ1v) is 9.12. The topological polar surface area (TPSA) is 34.1 Å². The summed E-state index contributed by atoms with van der Waals surface area (Å²) in [5.74, 6) is 3.36. The molecule has 0 aliphatic heterocycles. The van der Waals surface area contributed by atoms with Crippen LogP contribution in [0.5, 0.6) is 0 Å². The third-order valence-corrected chi connectivity index (χ3v) is 7.98. The second kappa shape index (κ2) is 4.55. The van der Waals surface area contributed by atoms with Crippen molar-refractivity contribution in [2.24, 2.45) is 34.5 Å². The molecule has 0 heterocycles. The van der Waals surface area contributed by atoms with Crippen LogP contribution in [0.15, 0.2) is 11.6 Å². The molecule has 4 aliphatic rings. The van der Waals surface area contributed by atoms with Gasteiger partial charge in [0.1, 0.15) is 11.6 Å². The molecule has 0 unspecified atom stereocenters. The number of allylic oxidation sites excluding steroid dienone is 2. The molecule has 0 N–H and O–H groups in total. The van der Waals surface area contributed by atoms with E-state index in [1.807, 2.05) is 0 Å². The summed E-state index contributed by atoms with van der Waals surface area (Å²) in [5.41, 5.74) is 1.59. The largest absolute Gasteiger partial charge is 0.299 e. The number of carbonyl (C=O) groups excluding carboxylic acids is 2. The first-order valence-electron chi connectivity index (χ1n) is 9.12. The van der Waals surface area contributed by atoms with Gasteiger partial charge in [-0.2, -0.15) is 0 Å². The summed E-state index contributed by atoms with van der Waals surface area (Å²) in [7, 11) is 0. The van der Waals surface area contributed by atoms with Crippen LogP contribution in [0, 0.1) is 34.5 Å². The molecule has 6 atom stereocenters. The van der Waals surface area contributed by atoms with Crippen LogP contribution in [0.4, 0.5) is 0 Å². The van der Waals surface area contributed by atoms with E-state index in [0.717, 1.165) is 32.1 Å². The van der Waals surface area contributed by atoms with Gasteiger partial charge >= 0.3 is 0 Å². The highest BCUT2D eigenvalue weighted by molar-refractivity contribution is 5.87. The van der Waals surface area contributed by atoms with E-state index in [2.05, 4.69) is 26.8 Å². The van der Waals surface area contributed by atoms with Crippen molar-refractivity contribution in [2.75, 3.05) is 0 Å². The first-order chi connectivity index (χ1) is 10.4. The Hall–Kier alpha value is -0.920. The maximum Gasteiger partial charge on any atom is 0.139 e. The number of hydrogen-bond donors (Lipinski definition) is 0. The Morgan fingerprint density at radius 2 is 1.73 bits per heavy atom. The van der Waals surface area contributed by atoms with Gasteiger partial charge in [-0.25, -0.2) is 0 Å². The Bertz CT molecular complexity index is 574. The molecular weight excluding hydrogens is 272 g/mol. The smallest absolute Gasteiger partial charge is 0.139 e. The first kappa shape index (κ1) is 14.7. The number of Topliss-reactive ketones (excluding diaryl/α,β-unsaturated/α-hetero) is 2. The molecule has 0 radical (unpaired) electrons. The summed E-state index contributed by atoms with van der Waals surface area (Å²) in [6.07, 6.45) is 9.03. The van der Waals surface area contributed by atoms with Crippen LogP contribution in [0.25, 0.3) is 0 Å². The molecule has 0 bridgehead atoms. The maximum atomic E-state index is 12.5. The molecule has 0 spiro atoms.